The quantitative estimate of drug-likeness (QED) is 0.783. The molecule has 4 nitrogen and oxygen atoms in total. The number of ether oxygens (including phenoxy) is 1. The van der Waals surface area contributed by atoms with Gasteiger partial charge >= 0.3 is 0 Å². The smallest absolute Gasteiger partial charge is 0.212 e. The van der Waals surface area contributed by atoms with Crippen molar-refractivity contribution in [2.24, 2.45) is 5.92 Å². The Morgan fingerprint density at radius 3 is 2.83 bits per heavy atom. The third-order valence-electron chi connectivity index (χ3n) is 4.65. The van der Waals surface area contributed by atoms with E-state index in [1.807, 2.05) is 7.05 Å². The molecule has 0 radical (unpaired) electrons. The van der Waals surface area contributed by atoms with Gasteiger partial charge in [-0.05, 0) is 42.7 Å². The Bertz CT molecular complexity index is 650. The summed E-state index contributed by atoms with van der Waals surface area (Å²) in [5, 5.41) is 9.11. The fraction of sp³-hybridized carbons (Fsp3) is 0.526. The lowest BCUT2D eigenvalue weighted by atomic mass is 9.89. The molecule has 2 aromatic rings. The van der Waals surface area contributed by atoms with E-state index in [-0.39, 0.29) is 0 Å². The molecular weight excluding hydrogens is 317 g/mol. The van der Waals surface area contributed by atoms with Gasteiger partial charge in [0, 0.05) is 19.2 Å². The molecule has 1 aliphatic carbocycles. The summed E-state index contributed by atoms with van der Waals surface area (Å²) in [6, 6.07) is 10.5. The molecule has 130 valence electrons. The normalized spacial score (nSPS) is 15.6. The number of hydrogen-bond acceptors (Lipinski definition) is 3. The van der Waals surface area contributed by atoms with Crippen LogP contribution < -0.4 is 15.4 Å². The van der Waals surface area contributed by atoms with Crippen molar-refractivity contribution in [1.29, 1.82) is 0 Å². The van der Waals surface area contributed by atoms with E-state index in [0.29, 0.717) is 6.61 Å². The average Bonchev–Trinajstić information content (AvgIpc) is 2.96. The lowest BCUT2D eigenvalue weighted by Gasteiger charge is -2.22. The molecule has 0 amide bonds. The number of hydrogen-bond donors (Lipinski definition) is 1. The van der Waals surface area contributed by atoms with Crippen LogP contribution in [0.5, 0.6) is 5.88 Å². The van der Waals surface area contributed by atoms with E-state index in [2.05, 4.69) is 49.6 Å². The first-order valence-electron chi connectivity index (χ1n) is 8.93. The molecule has 1 atom stereocenters. The zero-order chi connectivity index (χ0) is 16.8. The molecule has 1 unspecified atom stereocenters. The lowest BCUT2D eigenvalue weighted by Crippen LogP contribution is -2.16. The van der Waals surface area contributed by atoms with Crippen LogP contribution in [0.3, 0.4) is 0 Å². The number of nitrogens with zero attached hydrogens (tertiary/aromatic N) is 2. The van der Waals surface area contributed by atoms with Crippen LogP contribution in [0.15, 0.2) is 30.3 Å². The van der Waals surface area contributed by atoms with E-state index >= 15 is 0 Å². The van der Waals surface area contributed by atoms with Gasteiger partial charge in [0.25, 0.3) is 0 Å². The van der Waals surface area contributed by atoms with Gasteiger partial charge in [0.1, 0.15) is 6.61 Å². The summed E-state index contributed by atoms with van der Waals surface area (Å²) in [5.74, 6) is 1.62. The van der Waals surface area contributed by atoms with E-state index in [1.54, 1.807) is 0 Å². The highest BCUT2D eigenvalue weighted by atomic mass is 31.0. The zero-order valence-corrected chi connectivity index (χ0v) is 15.7. The van der Waals surface area contributed by atoms with Crippen LogP contribution >= 0.6 is 9.24 Å². The van der Waals surface area contributed by atoms with Crippen molar-refractivity contribution in [1.82, 2.24) is 15.1 Å². The maximum Gasteiger partial charge on any atom is 0.212 e. The average molecular weight is 345 g/mol. The second-order valence-corrected chi connectivity index (χ2v) is 7.39. The molecule has 0 spiro atoms. The highest BCUT2D eigenvalue weighted by molar-refractivity contribution is 7.27. The molecule has 0 aliphatic heterocycles. The second-order valence-electron chi connectivity index (χ2n) is 6.72. The van der Waals surface area contributed by atoms with E-state index in [9.17, 15) is 0 Å². The second kappa shape index (κ2) is 8.64. The van der Waals surface area contributed by atoms with Gasteiger partial charge in [0.2, 0.25) is 5.88 Å². The summed E-state index contributed by atoms with van der Waals surface area (Å²) in [7, 11) is 4.68. The molecule has 3 rings (SSSR count). The Balaban J connectivity index is 1.69. The van der Waals surface area contributed by atoms with Crippen molar-refractivity contribution >= 4 is 14.5 Å². The molecule has 1 saturated carbocycles. The SMILES string of the molecule is CNCc1cc(OCc2cccc(P)c2)n(CC2CCCCC2)n1. The number of rotatable bonds is 7. The Hall–Kier alpha value is -1.38. The van der Waals surface area contributed by atoms with Crippen LogP contribution in [0.4, 0.5) is 0 Å². The summed E-state index contributed by atoms with van der Waals surface area (Å²) in [4.78, 5) is 0. The van der Waals surface area contributed by atoms with Crippen molar-refractivity contribution in [3.8, 4) is 5.88 Å². The topological polar surface area (TPSA) is 39.1 Å². The molecule has 1 aromatic heterocycles. The predicted octanol–water partition coefficient (Wildman–Crippen LogP) is 3.26. The summed E-state index contributed by atoms with van der Waals surface area (Å²) in [6.07, 6.45) is 6.72. The van der Waals surface area contributed by atoms with Crippen LogP contribution in [0, 0.1) is 5.92 Å². The summed E-state index contributed by atoms with van der Waals surface area (Å²) in [6.45, 7) is 2.33. The van der Waals surface area contributed by atoms with Crippen LogP contribution in [-0.2, 0) is 19.7 Å². The van der Waals surface area contributed by atoms with Crippen LogP contribution in [0.25, 0.3) is 0 Å². The van der Waals surface area contributed by atoms with Gasteiger partial charge in [-0.25, -0.2) is 4.68 Å². The van der Waals surface area contributed by atoms with Crippen molar-refractivity contribution in [2.75, 3.05) is 7.05 Å². The lowest BCUT2D eigenvalue weighted by molar-refractivity contribution is 0.245. The van der Waals surface area contributed by atoms with E-state index in [4.69, 9.17) is 9.84 Å². The standard InChI is InChI=1S/C19H28N3OP/c1-20-12-17-11-19(23-14-16-8-5-9-18(24)10-16)22(21-17)13-15-6-3-2-4-7-15/h5,8-11,15,20H,2-4,6-7,12-14,24H2,1H3. The molecule has 1 fully saturated rings. The minimum absolute atomic E-state index is 0.581. The highest BCUT2D eigenvalue weighted by Gasteiger charge is 2.17. The van der Waals surface area contributed by atoms with Gasteiger partial charge in [0.15, 0.2) is 0 Å². The minimum Gasteiger partial charge on any atom is -0.473 e. The van der Waals surface area contributed by atoms with Crippen molar-refractivity contribution in [3.05, 3.63) is 41.6 Å². The Kier molecular flexibility index (Phi) is 6.28. The first-order chi connectivity index (χ1) is 11.7. The Morgan fingerprint density at radius 1 is 1.25 bits per heavy atom. The van der Waals surface area contributed by atoms with Gasteiger partial charge < -0.3 is 10.1 Å². The monoisotopic (exact) mass is 345 g/mol. The number of benzene rings is 1. The van der Waals surface area contributed by atoms with Gasteiger partial charge in [-0.1, -0.05) is 37.5 Å². The summed E-state index contributed by atoms with van der Waals surface area (Å²) >= 11 is 0. The van der Waals surface area contributed by atoms with E-state index < -0.39 is 0 Å². The fourth-order valence-electron chi connectivity index (χ4n) is 3.42. The summed E-state index contributed by atoms with van der Waals surface area (Å²) < 4.78 is 8.19. The van der Waals surface area contributed by atoms with Gasteiger partial charge in [0.05, 0.1) is 5.69 Å². The van der Waals surface area contributed by atoms with Crippen LogP contribution in [-0.4, -0.2) is 16.8 Å². The van der Waals surface area contributed by atoms with Crippen LogP contribution in [0.1, 0.15) is 43.4 Å². The largest absolute Gasteiger partial charge is 0.473 e. The number of nitrogens with one attached hydrogen (secondary N) is 1. The fourth-order valence-corrected chi connectivity index (χ4v) is 3.74. The van der Waals surface area contributed by atoms with Gasteiger partial charge in [-0.3, -0.25) is 0 Å². The molecule has 1 N–H and O–H groups in total. The Morgan fingerprint density at radius 2 is 2.08 bits per heavy atom. The first-order valence-corrected chi connectivity index (χ1v) is 9.51. The predicted molar refractivity (Wildman–Crippen MR) is 102 cm³/mol. The molecule has 5 heteroatoms. The maximum absolute atomic E-state index is 6.11. The third-order valence-corrected chi connectivity index (χ3v) is 5.00. The van der Waals surface area contributed by atoms with Crippen molar-refractivity contribution in [3.63, 3.8) is 0 Å². The van der Waals surface area contributed by atoms with Gasteiger partial charge in [-0.2, -0.15) is 5.10 Å². The molecule has 1 aromatic carbocycles. The summed E-state index contributed by atoms with van der Waals surface area (Å²) in [5.41, 5.74) is 2.23. The van der Waals surface area contributed by atoms with Crippen molar-refractivity contribution in [2.45, 2.75) is 51.8 Å². The zero-order valence-electron chi connectivity index (χ0n) is 14.5. The maximum atomic E-state index is 6.11. The van der Waals surface area contributed by atoms with E-state index in [1.165, 1.54) is 43.0 Å². The minimum atomic E-state index is 0.581. The molecule has 0 bridgehead atoms. The third kappa shape index (κ3) is 4.81. The van der Waals surface area contributed by atoms with Gasteiger partial charge in [-0.15, -0.1) is 9.24 Å². The number of aromatic nitrogens is 2. The molecular formula is C19H28N3OP. The molecule has 1 aliphatic rings. The van der Waals surface area contributed by atoms with Crippen LogP contribution in [0.2, 0.25) is 0 Å². The highest BCUT2D eigenvalue weighted by Crippen LogP contribution is 2.27. The molecule has 1 heterocycles. The molecule has 24 heavy (non-hydrogen) atoms. The Labute approximate surface area is 147 Å². The first kappa shape index (κ1) is 17.4. The van der Waals surface area contributed by atoms with E-state index in [0.717, 1.165) is 30.6 Å². The molecule has 0 saturated heterocycles. The van der Waals surface area contributed by atoms with Crippen molar-refractivity contribution < 1.29 is 4.74 Å².